The molecule has 0 bridgehead atoms. The van der Waals surface area contributed by atoms with Crippen LogP contribution < -0.4 is 5.73 Å². The smallest absolute Gasteiger partial charge is 0.0166 e. The van der Waals surface area contributed by atoms with Gasteiger partial charge in [0.2, 0.25) is 0 Å². The number of nitrogens with two attached hydrogens (primary N) is 1. The van der Waals surface area contributed by atoms with Crippen molar-refractivity contribution in [1.82, 2.24) is 4.90 Å². The molecule has 0 spiro atoms. The second-order valence-corrected chi connectivity index (χ2v) is 3.79. The topological polar surface area (TPSA) is 29.3 Å². The lowest BCUT2D eigenvalue weighted by atomic mass is 9.99. The fourth-order valence-corrected chi connectivity index (χ4v) is 2.06. The van der Waals surface area contributed by atoms with E-state index in [-0.39, 0.29) is 0 Å². The van der Waals surface area contributed by atoms with E-state index in [1.165, 1.54) is 25.8 Å². The van der Waals surface area contributed by atoms with Gasteiger partial charge in [0, 0.05) is 12.6 Å². The number of allylic oxidation sites excluding steroid dienone is 1. The summed E-state index contributed by atoms with van der Waals surface area (Å²) in [5.41, 5.74) is 5.61. The quantitative estimate of drug-likeness (QED) is 0.671. The van der Waals surface area contributed by atoms with Gasteiger partial charge >= 0.3 is 0 Å². The van der Waals surface area contributed by atoms with Gasteiger partial charge in [0.05, 0.1) is 0 Å². The van der Waals surface area contributed by atoms with Crippen LogP contribution in [-0.2, 0) is 0 Å². The van der Waals surface area contributed by atoms with Gasteiger partial charge in [-0.05, 0) is 39.3 Å². The molecule has 0 saturated carbocycles. The van der Waals surface area contributed by atoms with E-state index in [0.717, 1.165) is 25.6 Å². The first-order valence-corrected chi connectivity index (χ1v) is 5.43. The molecule has 1 heterocycles. The van der Waals surface area contributed by atoms with Crippen molar-refractivity contribution in [3.63, 3.8) is 0 Å². The summed E-state index contributed by atoms with van der Waals surface area (Å²) >= 11 is 0. The third-order valence-corrected chi connectivity index (χ3v) is 2.82. The van der Waals surface area contributed by atoms with Crippen LogP contribution in [0.1, 0.15) is 32.6 Å². The molecule has 1 rings (SSSR count). The van der Waals surface area contributed by atoms with Crippen molar-refractivity contribution in [3.8, 4) is 0 Å². The van der Waals surface area contributed by atoms with Gasteiger partial charge in [-0.1, -0.05) is 18.6 Å². The first kappa shape index (κ1) is 10.7. The Morgan fingerprint density at radius 2 is 2.31 bits per heavy atom. The van der Waals surface area contributed by atoms with Gasteiger partial charge in [-0.3, -0.25) is 4.90 Å². The van der Waals surface area contributed by atoms with Crippen LogP contribution in [0.25, 0.3) is 0 Å². The van der Waals surface area contributed by atoms with Crippen LogP contribution in [0.3, 0.4) is 0 Å². The second kappa shape index (κ2) is 6.17. The highest BCUT2D eigenvalue weighted by molar-refractivity contribution is 4.86. The highest BCUT2D eigenvalue weighted by Gasteiger charge is 2.19. The molecule has 0 aromatic rings. The summed E-state index contributed by atoms with van der Waals surface area (Å²) in [7, 11) is 0. The predicted molar refractivity (Wildman–Crippen MR) is 57.7 cm³/mol. The van der Waals surface area contributed by atoms with Crippen LogP contribution in [0.4, 0.5) is 0 Å². The summed E-state index contributed by atoms with van der Waals surface area (Å²) in [5.74, 6) is 0. The lowest BCUT2D eigenvalue weighted by molar-refractivity contribution is 0.158. The number of hydrogen-bond donors (Lipinski definition) is 1. The molecule has 2 heteroatoms. The average molecular weight is 182 g/mol. The minimum absolute atomic E-state index is 0.745. The van der Waals surface area contributed by atoms with Crippen LogP contribution >= 0.6 is 0 Å². The molecular weight excluding hydrogens is 160 g/mol. The zero-order valence-electron chi connectivity index (χ0n) is 8.71. The number of piperidine rings is 1. The molecule has 0 aromatic heterocycles. The van der Waals surface area contributed by atoms with Crippen LogP contribution in [0.5, 0.6) is 0 Å². The van der Waals surface area contributed by atoms with Crippen molar-refractivity contribution >= 4 is 0 Å². The Morgan fingerprint density at radius 3 is 3.00 bits per heavy atom. The van der Waals surface area contributed by atoms with E-state index < -0.39 is 0 Å². The standard InChI is InChI=1S/C11H22N2/c1-2-3-9-13-10-5-4-6-11(13)7-8-12/h2-3,11H,4-10,12H2,1H3. The third kappa shape index (κ3) is 3.49. The van der Waals surface area contributed by atoms with Crippen LogP contribution in [0, 0.1) is 0 Å². The van der Waals surface area contributed by atoms with E-state index in [0.29, 0.717) is 0 Å². The Kier molecular flexibility index (Phi) is 5.09. The Hall–Kier alpha value is -0.340. The van der Waals surface area contributed by atoms with Gasteiger partial charge in [0.1, 0.15) is 0 Å². The largest absolute Gasteiger partial charge is 0.330 e. The van der Waals surface area contributed by atoms with Gasteiger partial charge in [-0.15, -0.1) is 0 Å². The molecule has 0 amide bonds. The van der Waals surface area contributed by atoms with Crippen molar-refractivity contribution in [2.24, 2.45) is 5.73 Å². The molecule has 2 N–H and O–H groups in total. The molecule has 1 saturated heterocycles. The van der Waals surface area contributed by atoms with Gasteiger partial charge in [-0.25, -0.2) is 0 Å². The average Bonchev–Trinajstić information content (AvgIpc) is 2.17. The SMILES string of the molecule is CC=CCN1CCCCC1CCN. The normalized spacial score (nSPS) is 25.5. The summed E-state index contributed by atoms with van der Waals surface area (Å²) in [6.45, 7) is 5.29. The Labute approximate surface area is 81.8 Å². The fourth-order valence-electron chi connectivity index (χ4n) is 2.06. The van der Waals surface area contributed by atoms with E-state index in [1.54, 1.807) is 0 Å². The molecular formula is C11H22N2. The Bertz CT molecular complexity index is 152. The maximum Gasteiger partial charge on any atom is 0.0166 e. The maximum absolute atomic E-state index is 5.61. The van der Waals surface area contributed by atoms with E-state index in [4.69, 9.17) is 5.73 Å². The zero-order valence-corrected chi connectivity index (χ0v) is 8.71. The second-order valence-electron chi connectivity index (χ2n) is 3.79. The fraction of sp³-hybridized carbons (Fsp3) is 0.818. The minimum atomic E-state index is 0.745. The number of nitrogens with zero attached hydrogens (tertiary/aromatic N) is 1. The van der Waals surface area contributed by atoms with Crippen LogP contribution in [-0.4, -0.2) is 30.6 Å². The van der Waals surface area contributed by atoms with Crippen molar-refractivity contribution in [2.75, 3.05) is 19.6 Å². The van der Waals surface area contributed by atoms with Crippen LogP contribution in [0.15, 0.2) is 12.2 Å². The minimum Gasteiger partial charge on any atom is -0.330 e. The van der Waals surface area contributed by atoms with E-state index in [1.807, 2.05) is 0 Å². The first-order chi connectivity index (χ1) is 6.38. The van der Waals surface area contributed by atoms with Gasteiger partial charge < -0.3 is 5.73 Å². The van der Waals surface area contributed by atoms with Crippen molar-refractivity contribution in [1.29, 1.82) is 0 Å². The van der Waals surface area contributed by atoms with Crippen LogP contribution in [0.2, 0.25) is 0 Å². The number of likely N-dealkylation sites (tertiary alicyclic amines) is 1. The number of hydrogen-bond acceptors (Lipinski definition) is 2. The Morgan fingerprint density at radius 1 is 1.46 bits per heavy atom. The van der Waals surface area contributed by atoms with E-state index in [2.05, 4.69) is 24.0 Å². The third-order valence-electron chi connectivity index (χ3n) is 2.82. The van der Waals surface area contributed by atoms with E-state index >= 15 is 0 Å². The molecule has 1 fully saturated rings. The molecule has 2 nitrogen and oxygen atoms in total. The summed E-state index contributed by atoms with van der Waals surface area (Å²) in [4.78, 5) is 2.57. The molecule has 0 aromatic carbocycles. The monoisotopic (exact) mass is 182 g/mol. The molecule has 13 heavy (non-hydrogen) atoms. The highest BCUT2D eigenvalue weighted by atomic mass is 15.2. The predicted octanol–water partition coefficient (Wildman–Crippen LogP) is 1.77. The summed E-state index contributed by atoms with van der Waals surface area (Å²) in [5, 5.41) is 0. The molecule has 0 aliphatic carbocycles. The van der Waals surface area contributed by atoms with Gasteiger partial charge in [0.15, 0.2) is 0 Å². The van der Waals surface area contributed by atoms with Crippen molar-refractivity contribution in [2.45, 2.75) is 38.6 Å². The zero-order chi connectivity index (χ0) is 9.52. The van der Waals surface area contributed by atoms with Gasteiger partial charge in [-0.2, -0.15) is 0 Å². The van der Waals surface area contributed by atoms with Gasteiger partial charge in [0.25, 0.3) is 0 Å². The molecule has 76 valence electrons. The lowest BCUT2D eigenvalue weighted by Crippen LogP contribution is -2.40. The molecule has 1 aliphatic heterocycles. The Balaban J connectivity index is 2.36. The maximum atomic E-state index is 5.61. The molecule has 1 atom stereocenters. The highest BCUT2D eigenvalue weighted by Crippen LogP contribution is 2.18. The van der Waals surface area contributed by atoms with Crippen molar-refractivity contribution in [3.05, 3.63) is 12.2 Å². The van der Waals surface area contributed by atoms with Crippen molar-refractivity contribution < 1.29 is 0 Å². The molecule has 1 unspecified atom stereocenters. The lowest BCUT2D eigenvalue weighted by Gasteiger charge is -2.34. The summed E-state index contributed by atoms with van der Waals surface area (Å²) < 4.78 is 0. The first-order valence-electron chi connectivity index (χ1n) is 5.43. The number of rotatable bonds is 4. The van der Waals surface area contributed by atoms with E-state index in [9.17, 15) is 0 Å². The molecule has 1 aliphatic rings. The molecule has 0 radical (unpaired) electrons. The summed E-state index contributed by atoms with van der Waals surface area (Å²) in [6, 6.07) is 0.745. The summed E-state index contributed by atoms with van der Waals surface area (Å²) in [6.07, 6.45) is 9.63.